The third-order valence-corrected chi connectivity index (χ3v) is 4.79. The summed E-state index contributed by atoms with van der Waals surface area (Å²) >= 11 is 4.59. The molecule has 3 aromatic carbocycles. The van der Waals surface area contributed by atoms with E-state index in [4.69, 9.17) is 4.74 Å². The summed E-state index contributed by atoms with van der Waals surface area (Å²) in [5.41, 5.74) is 4.45. The Labute approximate surface area is 168 Å². The van der Waals surface area contributed by atoms with Crippen molar-refractivity contribution in [3.8, 4) is 17.2 Å². The number of hydrazine groups is 2. The third kappa shape index (κ3) is 3.14. The van der Waals surface area contributed by atoms with Crippen LogP contribution in [0.1, 0.15) is 13.3 Å². The summed E-state index contributed by atoms with van der Waals surface area (Å²) in [5.74, 6) is 0.771. The number of hydrogen-bond donors (Lipinski definition) is 4. The summed E-state index contributed by atoms with van der Waals surface area (Å²) in [6.07, 6.45) is 2.66. The molecule has 6 nitrogen and oxygen atoms in total. The van der Waals surface area contributed by atoms with E-state index in [1.807, 2.05) is 41.4 Å². The molecule has 1 aliphatic rings. The predicted octanol–water partition coefficient (Wildman–Crippen LogP) is 4.51. The molecule has 0 radical (unpaired) electrons. The quantitative estimate of drug-likeness (QED) is 0.477. The van der Waals surface area contributed by atoms with Gasteiger partial charge in [0.2, 0.25) is 0 Å². The smallest absolute Gasteiger partial charge is 0.146 e. The van der Waals surface area contributed by atoms with Gasteiger partial charge in [-0.15, -0.1) is 12.6 Å². The second-order valence-corrected chi connectivity index (χ2v) is 6.86. The van der Waals surface area contributed by atoms with E-state index < -0.39 is 0 Å². The van der Waals surface area contributed by atoms with Gasteiger partial charge in [0.25, 0.3) is 0 Å². The molecule has 0 saturated heterocycles. The number of benzene rings is 3. The average Bonchev–Trinajstić information content (AvgIpc) is 3.07. The number of rotatable bonds is 5. The van der Waals surface area contributed by atoms with Gasteiger partial charge < -0.3 is 14.9 Å². The van der Waals surface area contributed by atoms with Crippen LogP contribution in [-0.2, 0) is 0 Å². The normalized spacial score (nSPS) is 13.6. The maximum Gasteiger partial charge on any atom is 0.146 e. The van der Waals surface area contributed by atoms with Gasteiger partial charge in [-0.25, -0.2) is 5.01 Å². The van der Waals surface area contributed by atoms with E-state index in [1.165, 1.54) is 12.1 Å². The highest BCUT2D eigenvalue weighted by atomic mass is 32.1. The number of aromatic hydroxyl groups is 2. The van der Waals surface area contributed by atoms with Gasteiger partial charge in [-0.05, 0) is 30.7 Å². The average molecular weight is 395 g/mol. The van der Waals surface area contributed by atoms with Gasteiger partial charge in [0, 0.05) is 16.8 Å². The molecule has 3 N–H and O–H groups in total. The molecule has 0 aliphatic carbocycles. The van der Waals surface area contributed by atoms with E-state index in [1.54, 1.807) is 17.4 Å². The maximum absolute atomic E-state index is 10.3. The lowest BCUT2D eigenvalue weighted by molar-refractivity contribution is 0.321. The molecule has 7 heteroatoms. The van der Waals surface area contributed by atoms with Gasteiger partial charge >= 0.3 is 0 Å². The zero-order valence-electron chi connectivity index (χ0n) is 15.3. The second kappa shape index (κ2) is 7.44. The van der Waals surface area contributed by atoms with E-state index in [2.05, 4.69) is 25.0 Å². The molecule has 0 saturated carbocycles. The zero-order valence-corrected chi connectivity index (χ0v) is 16.2. The van der Waals surface area contributed by atoms with Crippen LogP contribution in [0.4, 0.5) is 11.4 Å². The Kier molecular flexibility index (Phi) is 4.83. The highest BCUT2D eigenvalue weighted by Crippen LogP contribution is 2.40. The molecule has 0 atom stereocenters. The van der Waals surface area contributed by atoms with Gasteiger partial charge in [0.05, 0.1) is 18.5 Å². The molecule has 0 spiro atoms. The SMILES string of the molecule is CCCOc1cccc2c(N3C(S)=CNN3c3ccc(O)cc3O)cccc12. The van der Waals surface area contributed by atoms with E-state index in [9.17, 15) is 10.2 Å². The van der Waals surface area contributed by atoms with Crippen LogP contribution in [0, 0.1) is 0 Å². The molecule has 0 unspecified atom stereocenters. The summed E-state index contributed by atoms with van der Waals surface area (Å²) < 4.78 is 5.91. The van der Waals surface area contributed by atoms with Crippen molar-refractivity contribution in [2.24, 2.45) is 0 Å². The van der Waals surface area contributed by atoms with Crippen molar-refractivity contribution >= 4 is 34.8 Å². The molecule has 1 heterocycles. The van der Waals surface area contributed by atoms with Gasteiger partial charge in [-0.2, -0.15) is 5.12 Å². The van der Waals surface area contributed by atoms with Crippen molar-refractivity contribution in [3.05, 3.63) is 65.8 Å². The van der Waals surface area contributed by atoms with Gasteiger partial charge in [-0.3, -0.25) is 5.43 Å². The van der Waals surface area contributed by atoms with E-state index >= 15 is 0 Å². The minimum Gasteiger partial charge on any atom is -0.508 e. The Hall–Kier alpha value is -3.19. The minimum atomic E-state index is -0.0545. The van der Waals surface area contributed by atoms with Crippen LogP contribution in [0.25, 0.3) is 10.8 Å². The molecule has 0 fully saturated rings. The topological polar surface area (TPSA) is 68.2 Å². The summed E-state index contributed by atoms with van der Waals surface area (Å²) in [6.45, 7) is 2.73. The van der Waals surface area contributed by atoms with Crippen LogP contribution in [-0.4, -0.2) is 16.8 Å². The zero-order chi connectivity index (χ0) is 19.7. The first-order valence-electron chi connectivity index (χ1n) is 9.02. The molecule has 3 aromatic rings. The first kappa shape index (κ1) is 18.2. The fraction of sp³-hybridized carbons (Fsp3) is 0.143. The van der Waals surface area contributed by atoms with Crippen LogP contribution in [0.15, 0.2) is 65.8 Å². The number of thiol groups is 1. The van der Waals surface area contributed by atoms with Crippen LogP contribution in [0.2, 0.25) is 0 Å². The third-order valence-electron chi connectivity index (χ3n) is 4.47. The van der Waals surface area contributed by atoms with Gasteiger partial charge in [0.1, 0.15) is 28.0 Å². The molecule has 1 aliphatic heterocycles. The maximum atomic E-state index is 10.3. The number of phenols is 2. The molecule has 4 rings (SSSR count). The summed E-state index contributed by atoms with van der Waals surface area (Å²) in [7, 11) is 0. The Balaban J connectivity index is 1.82. The Morgan fingerprint density at radius 3 is 2.57 bits per heavy atom. The lowest BCUT2D eigenvalue weighted by atomic mass is 10.1. The first-order chi connectivity index (χ1) is 13.6. The predicted molar refractivity (Wildman–Crippen MR) is 115 cm³/mol. The molecule has 28 heavy (non-hydrogen) atoms. The van der Waals surface area contributed by atoms with Gasteiger partial charge in [0.15, 0.2) is 0 Å². The van der Waals surface area contributed by atoms with Crippen LogP contribution in [0.5, 0.6) is 17.2 Å². The second-order valence-electron chi connectivity index (χ2n) is 6.41. The molecule has 144 valence electrons. The van der Waals surface area contributed by atoms with E-state index in [0.717, 1.165) is 28.6 Å². The molecule has 0 bridgehead atoms. The number of phenolic OH excluding ortho intramolecular Hbond substituents is 2. The number of hydrogen-bond acceptors (Lipinski definition) is 7. The van der Waals surface area contributed by atoms with Crippen LogP contribution in [0.3, 0.4) is 0 Å². The highest BCUT2D eigenvalue weighted by molar-refractivity contribution is 7.84. The number of fused-ring (bicyclic) bond motifs is 1. The number of nitrogens with one attached hydrogen (secondary N) is 1. The fourth-order valence-corrected chi connectivity index (χ4v) is 3.48. The van der Waals surface area contributed by atoms with Crippen molar-refractivity contribution < 1.29 is 14.9 Å². The summed E-state index contributed by atoms with van der Waals surface area (Å²) in [4.78, 5) is 0. The Morgan fingerprint density at radius 2 is 1.79 bits per heavy atom. The largest absolute Gasteiger partial charge is 0.508 e. The van der Waals surface area contributed by atoms with Crippen molar-refractivity contribution in [1.29, 1.82) is 0 Å². The summed E-state index contributed by atoms with van der Waals surface area (Å²) in [5, 5.41) is 26.1. The van der Waals surface area contributed by atoms with Crippen LogP contribution < -0.4 is 20.3 Å². The number of ether oxygens (including phenoxy) is 1. The Morgan fingerprint density at radius 1 is 1.00 bits per heavy atom. The first-order valence-corrected chi connectivity index (χ1v) is 9.47. The fourth-order valence-electron chi connectivity index (χ4n) is 3.23. The Bertz CT molecular complexity index is 1050. The molecule has 0 amide bonds. The molecular weight excluding hydrogens is 374 g/mol. The lowest BCUT2D eigenvalue weighted by Crippen LogP contribution is -2.43. The molecule has 0 aromatic heterocycles. The van der Waals surface area contributed by atoms with Crippen molar-refractivity contribution in [1.82, 2.24) is 5.43 Å². The van der Waals surface area contributed by atoms with E-state index in [-0.39, 0.29) is 11.5 Å². The lowest BCUT2D eigenvalue weighted by Gasteiger charge is -2.32. The standard InChI is InChI=1S/C21H21N3O3S/c1-2-11-27-20-8-4-5-15-16(20)6-3-7-17(15)23-21(28)13-22-24(23)18-10-9-14(25)12-19(18)26/h3-10,12-13,22,25-26,28H,2,11H2,1H3. The number of anilines is 2. The van der Waals surface area contributed by atoms with Crippen molar-refractivity contribution in [2.75, 3.05) is 16.7 Å². The monoisotopic (exact) mass is 395 g/mol. The number of nitrogens with zero attached hydrogens (tertiary/aromatic N) is 2. The van der Waals surface area contributed by atoms with Crippen molar-refractivity contribution in [2.45, 2.75) is 13.3 Å². The van der Waals surface area contributed by atoms with E-state index in [0.29, 0.717) is 17.3 Å². The highest BCUT2D eigenvalue weighted by Gasteiger charge is 2.27. The molecular formula is C21H21N3O3S. The summed E-state index contributed by atoms with van der Waals surface area (Å²) in [6, 6.07) is 16.4. The van der Waals surface area contributed by atoms with Gasteiger partial charge in [-0.1, -0.05) is 31.2 Å². The van der Waals surface area contributed by atoms with Crippen molar-refractivity contribution in [3.63, 3.8) is 0 Å². The van der Waals surface area contributed by atoms with Crippen LogP contribution >= 0.6 is 12.6 Å². The minimum absolute atomic E-state index is 0.00562.